The molecule has 2 N–H and O–H groups in total. The molecule has 2 amide bonds. The van der Waals surface area contributed by atoms with Gasteiger partial charge in [-0.25, -0.2) is 9.18 Å². The molecule has 0 fully saturated rings. The summed E-state index contributed by atoms with van der Waals surface area (Å²) < 4.78 is 18.6. The molecular formula is C13H13FN4O3S2. The number of aromatic nitrogens is 2. The van der Waals surface area contributed by atoms with E-state index >= 15 is 0 Å². The maximum atomic E-state index is 13.5. The molecule has 2 aromatic rings. The molecule has 1 aromatic carbocycles. The number of imide groups is 1. The highest BCUT2D eigenvalue weighted by molar-refractivity contribution is 8.01. The van der Waals surface area contributed by atoms with Crippen molar-refractivity contribution in [3.8, 4) is 0 Å². The number of carbonyl (C=O) groups is 2. The molecule has 0 atom stereocenters. The molecule has 0 spiro atoms. The first-order valence-electron chi connectivity index (χ1n) is 6.53. The van der Waals surface area contributed by atoms with E-state index < -0.39 is 17.8 Å². The lowest BCUT2D eigenvalue weighted by Crippen LogP contribution is -2.32. The Morgan fingerprint density at radius 2 is 2.13 bits per heavy atom. The zero-order chi connectivity index (χ0) is 16.7. The van der Waals surface area contributed by atoms with Crippen LogP contribution in [0.1, 0.15) is 6.92 Å². The first-order valence-corrected chi connectivity index (χ1v) is 8.33. The molecule has 10 heteroatoms. The van der Waals surface area contributed by atoms with Crippen molar-refractivity contribution in [3.05, 3.63) is 30.1 Å². The summed E-state index contributed by atoms with van der Waals surface area (Å²) in [5, 5.41) is 13.0. The number of rotatable bonds is 6. The molecule has 7 nitrogen and oxygen atoms in total. The van der Waals surface area contributed by atoms with Gasteiger partial charge < -0.3 is 10.1 Å². The predicted molar refractivity (Wildman–Crippen MR) is 85.5 cm³/mol. The second kappa shape index (κ2) is 8.44. The quantitative estimate of drug-likeness (QED) is 0.769. The molecule has 0 unspecified atom stereocenters. The Bertz CT molecular complexity index is 695. The topological polar surface area (TPSA) is 93.2 Å². The van der Waals surface area contributed by atoms with Gasteiger partial charge in [-0.05, 0) is 19.1 Å². The molecule has 0 saturated heterocycles. The van der Waals surface area contributed by atoms with Gasteiger partial charge in [0.1, 0.15) is 5.82 Å². The highest BCUT2D eigenvalue weighted by Crippen LogP contribution is 2.28. The number of hydrogen-bond donors (Lipinski definition) is 2. The van der Waals surface area contributed by atoms with Gasteiger partial charge in [-0.2, -0.15) is 0 Å². The minimum absolute atomic E-state index is 0.00680. The van der Waals surface area contributed by atoms with Crippen LogP contribution in [-0.2, 0) is 9.53 Å². The number of benzene rings is 1. The summed E-state index contributed by atoms with van der Waals surface area (Å²) in [5.41, 5.74) is 0.292. The van der Waals surface area contributed by atoms with Gasteiger partial charge in [-0.3, -0.25) is 10.1 Å². The highest BCUT2D eigenvalue weighted by Gasteiger charge is 2.12. The lowest BCUT2D eigenvalue weighted by atomic mass is 10.3. The zero-order valence-electron chi connectivity index (χ0n) is 12.0. The van der Waals surface area contributed by atoms with Crippen molar-refractivity contribution < 1.29 is 18.7 Å². The summed E-state index contributed by atoms with van der Waals surface area (Å²) in [6.45, 7) is 1.83. The molecule has 2 rings (SSSR count). The molecule has 0 aliphatic heterocycles. The number of para-hydroxylation sites is 1. The van der Waals surface area contributed by atoms with Gasteiger partial charge in [0.15, 0.2) is 4.34 Å². The minimum Gasteiger partial charge on any atom is -0.450 e. The SMILES string of the molecule is CCOC(=O)NC(=O)CSc1nnc(Nc2ccccc2F)s1. The van der Waals surface area contributed by atoms with E-state index in [9.17, 15) is 14.0 Å². The number of amides is 2. The number of thioether (sulfide) groups is 1. The zero-order valence-corrected chi connectivity index (χ0v) is 13.7. The van der Waals surface area contributed by atoms with Crippen molar-refractivity contribution in [2.75, 3.05) is 17.7 Å². The van der Waals surface area contributed by atoms with Gasteiger partial charge in [0.2, 0.25) is 11.0 Å². The first-order chi connectivity index (χ1) is 11.1. The van der Waals surface area contributed by atoms with Crippen molar-refractivity contribution in [1.82, 2.24) is 15.5 Å². The van der Waals surface area contributed by atoms with Crippen LogP contribution in [-0.4, -0.2) is 34.6 Å². The van der Waals surface area contributed by atoms with E-state index in [0.717, 1.165) is 11.8 Å². The Hall–Kier alpha value is -2.20. The van der Waals surface area contributed by atoms with Gasteiger partial charge in [0, 0.05) is 0 Å². The van der Waals surface area contributed by atoms with Gasteiger partial charge >= 0.3 is 6.09 Å². The van der Waals surface area contributed by atoms with E-state index in [0.29, 0.717) is 15.2 Å². The molecule has 122 valence electrons. The minimum atomic E-state index is -0.780. The molecule has 1 heterocycles. The van der Waals surface area contributed by atoms with Crippen LogP contribution < -0.4 is 10.6 Å². The van der Waals surface area contributed by atoms with Crippen LogP contribution in [0.15, 0.2) is 28.6 Å². The third-order valence-corrected chi connectivity index (χ3v) is 4.34. The molecule has 0 bridgehead atoms. The van der Waals surface area contributed by atoms with Crippen molar-refractivity contribution in [3.63, 3.8) is 0 Å². The Morgan fingerprint density at radius 1 is 1.35 bits per heavy atom. The van der Waals surface area contributed by atoms with Crippen LogP contribution in [0.3, 0.4) is 0 Å². The molecule has 0 aliphatic carbocycles. The third-order valence-electron chi connectivity index (χ3n) is 2.37. The molecular weight excluding hydrogens is 343 g/mol. The summed E-state index contributed by atoms with van der Waals surface area (Å²) in [6, 6.07) is 6.20. The smallest absolute Gasteiger partial charge is 0.413 e. The normalized spacial score (nSPS) is 10.2. The van der Waals surface area contributed by atoms with E-state index in [2.05, 4.69) is 25.6 Å². The lowest BCUT2D eigenvalue weighted by Gasteiger charge is -2.02. The fourth-order valence-corrected chi connectivity index (χ4v) is 3.01. The summed E-state index contributed by atoms with van der Waals surface area (Å²) in [6.07, 6.45) is -0.780. The van der Waals surface area contributed by atoms with Gasteiger partial charge in [-0.15, -0.1) is 10.2 Å². The molecule has 0 saturated carbocycles. The standard InChI is InChI=1S/C13H13FN4O3S2/c1-2-21-12(20)16-10(19)7-22-13-18-17-11(23-13)15-9-6-4-3-5-8(9)14/h3-6H,2,7H2,1H3,(H,15,17)(H,16,19,20). The van der Waals surface area contributed by atoms with E-state index in [4.69, 9.17) is 0 Å². The molecule has 23 heavy (non-hydrogen) atoms. The van der Waals surface area contributed by atoms with Crippen molar-refractivity contribution in [2.45, 2.75) is 11.3 Å². The van der Waals surface area contributed by atoms with Crippen molar-refractivity contribution >= 4 is 45.9 Å². The van der Waals surface area contributed by atoms with Crippen LogP contribution in [0.4, 0.5) is 20.0 Å². The van der Waals surface area contributed by atoms with Crippen LogP contribution >= 0.6 is 23.1 Å². The van der Waals surface area contributed by atoms with Gasteiger partial charge in [0.25, 0.3) is 0 Å². The lowest BCUT2D eigenvalue weighted by molar-refractivity contribution is -0.117. The molecule has 1 aromatic heterocycles. The summed E-state index contributed by atoms with van der Waals surface area (Å²) in [4.78, 5) is 22.6. The Labute approximate surface area is 139 Å². The fourth-order valence-electron chi connectivity index (χ4n) is 1.44. The van der Waals surface area contributed by atoms with E-state index in [1.807, 2.05) is 0 Å². The predicted octanol–water partition coefficient (Wildman–Crippen LogP) is 2.79. The van der Waals surface area contributed by atoms with E-state index in [-0.39, 0.29) is 12.4 Å². The number of hydrogen-bond acceptors (Lipinski definition) is 8. The average Bonchev–Trinajstić information content (AvgIpc) is 2.95. The number of nitrogens with one attached hydrogen (secondary N) is 2. The Morgan fingerprint density at radius 3 is 2.87 bits per heavy atom. The Balaban J connectivity index is 1.84. The largest absolute Gasteiger partial charge is 0.450 e. The molecule has 0 radical (unpaired) electrons. The van der Waals surface area contributed by atoms with Crippen LogP contribution in [0.2, 0.25) is 0 Å². The molecule has 0 aliphatic rings. The van der Waals surface area contributed by atoms with Crippen LogP contribution in [0, 0.1) is 5.82 Å². The number of anilines is 2. The highest BCUT2D eigenvalue weighted by atomic mass is 32.2. The first kappa shape index (κ1) is 17.2. The number of nitrogens with zero attached hydrogens (tertiary/aromatic N) is 2. The van der Waals surface area contributed by atoms with Gasteiger partial charge in [0.05, 0.1) is 18.0 Å². The fraction of sp³-hybridized carbons (Fsp3) is 0.231. The van der Waals surface area contributed by atoms with Crippen molar-refractivity contribution in [2.24, 2.45) is 0 Å². The van der Waals surface area contributed by atoms with Crippen LogP contribution in [0.25, 0.3) is 0 Å². The second-order valence-corrected chi connectivity index (χ2v) is 6.24. The van der Waals surface area contributed by atoms with E-state index in [1.54, 1.807) is 25.1 Å². The number of carbonyl (C=O) groups excluding carboxylic acids is 2. The second-order valence-electron chi connectivity index (χ2n) is 4.04. The monoisotopic (exact) mass is 356 g/mol. The Kier molecular flexibility index (Phi) is 6.29. The third kappa shape index (κ3) is 5.49. The summed E-state index contributed by atoms with van der Waals surface area (Å²) >= 11 is 2.29. The number of ether oxygens (including phenoxy) is 1. The number of alkyl carbamates (subject to hydrolysis) is 1. The van der Waals surface area contributed by atoms with E-state index in [1.165, 1.54) is 17.4 Å². The summed E-state index contributed by atoms with van der Waals surface area (Å²) in [7, 11) is 0. The van der Waals surface area contributed by atoms with Gasteiger partial charge in [-0.1, -0.05) is 35.2 Å². The van der Waals surface area contributed by atoms with Crippen LogP contribution in [0.5, 0.6) is 0 Å². The maximum Gasteiger partial charge on any atom is 0.413 e. The maximum absolute atomic E-state index is 13.5. The number of halogens is 1. The summed E-state index contributed by atoms with van der Waals surface area (Å²) in [5.74, 6) is -0.898. The van der Waals surface area contributed by atoms with Crippen molar-refractivity contribution in [1.29, 1.82) is 0 Å². The average molecular weight is 356 g/mol.